The van der Waals surface area contributed by atoms with Crippen molar-refractivity contribution in [2.24, 2.45) is 0 Å². The Balaban J connectivity index is 0.000000142. The van der Waals surface area contributed by atoms with Crippen molar-refractivity contribution in [2.45, 2.75) is 0 Å². The van der Waals surface area contributed by atoms with Gasteiger partial charge in [-0.3, -0.25) is 19.2 Å². The van der Waals surface area contributed by atoms with Gasteiger partial charge in [0.15, 0.2) is 0 Å². The largest absolute Gasteiger partial charge is 0.285 e. The molecule has 0 aliphatic heterocycles. The molecule has 4 aromatic carbocycles. The van der Waals surface area contributed by atoms with Gasteiger partial charge in [-0.05, 0) is 91.7 Å². The van der Waals surface area contributed by atoms with Crippen molar-refractivity contribution in [2.75, 3.05) is 0 Å². The van der Waals surface area contributed by atoms with Crippen molar-refractivity contribution in [3.8, 4) is 22.3 Å². The molecule has 0 atom stereocenters. The van der Waals surface area contributed by atoms with Crippen LogP contribution >= 0.6 is 45.2 Å². The summed E-state index contributed by atoms with van der Waals surface area (Å²) in [5, 5.41) is 0. The molecule has 0 unspecified atom stereocenters. The first kappa shape index (κ1) is 22.8. The molecule has 0 aromatic heterocycles. The van der Waals surface area contributed by atoms with Crippen LogP contribution in [0.1, 0.15) is 41.4 Å². The third-order valence-corrected chi connectivity index (χ3v) is 7.13. The molecule has 0 fully saturated rings. The second-order valence-corrected chi connectivity index (χ2v) is 10.3. The van der Waals surface area contributed by atoms with E-state index in [0.717, 1.165) is 29.4 Å². The number of carbonyl (C=O) groups excluding carboxylic acids is 4. The van der Waals surface area contributed by atoms with E-state index in [9.17, 15) is 19.2 Å². The van der Waals surface area contributed by atoms with Crippen LogP contribution < -0.4 is 0 Å². The molecule has 0 heterocycles. The second kappa shape index (κ2) is 8.99. The molecule has 4 nitrogen and oxygen atoms in total. The lowest BCUT2D eigenvalue weighted by Crippen LogP contribution is -2.21. The lowest BCUT2D eigenvalue weighted by Gasteiger charge is -2.18. The van der Waals surface area contributed by atoms with E-state index in [2.05, 4.69) is 45.2 Å². The fourth-order valence-electron chi connectivity index (χ4n) is 4.20. The minimum absolute atomic E-state index is 0.405. The molecule has 0 amide bonds. The number of benzene rings is 4. The maximum atomic E-state index is 12.1. The number of halogens is 2. The van der Waals surface area contributed by atoms with E-state index in [0.29, 0.717) is 22.3 Å². The average Bonchev–Trinajstić information content (AvgIpc) is 2.86. The predicted octanol–water partition coefficient (Wildman–Crippen LogP) is 6.67. The topological polar surface area (TPSA) is 68.3 Å². The second-order valence-electron chi connectivity index (χ2n) is 7.79. The van der Waals surface area contributed by atoms with Gasteiger partial charge in [0.25, 0.3) is 0 Å². The van der Waals surface area contributed by atoms with Crippen molar-refractivity contribution in [3.05, 3.63) is 114 Å². The first-order valence-electron chi connectivity index (χ1n) is 10.3. The Hall–Kier alpha value is -2.98. The summed E-state index contributed by atoms with van der Waals surface area (Å²) in [5.41, 5.74) is 5.45. The highest BCUT2D eigenvalue weighted by atomic mass is 127. The van der Waals surface area contributed by atoms with Crippen molar-refractivity contribution < 1.29 is 19.2 Å². The summed E-state index contributed by atoms with van der Waals surface area (Å²) in [7, 11) is 0. The Morgan fingerprint density at radius 1 is 0.353 bits per heavy atom. The van der Waals surface area contributed by atoms with Gasteiger partial charge in [-0.1, -0.05) is 60.7 Å². The monoisotopic (exact) mass is 668 g/mol. The first-order chi connectivity index (χ1) is 16.4. The molecule has 6 rings (SSSR count). The molecular weight excluding hydrogens is 654 g/mol. The molecule has 0 N–H and O–H groups in total. The quantitative estimate of drug-likeness (QED) is 0.155. The summed E-state index contributed by atoms with van der Waals surface area (Å²) < 4.78 is 1.92. The van der Waals surface area contributed by atoms with Crippen LogP contribution in [0.25, 0.3) is 22.3 Å². The van der Waals surface area contributed by atoms with Crippen LogP contribution in [0.15, 0.2) is 84.9 Å². The third kappa shape index (κ3) is 3.84. The number of rotatable bonds is 0. The van der Waals surface area contributed by atoms with Crippen LogP contribution in [0.5, 0.6) is 0 Å². The van der Waals surface area contributed by atoms with E-state index in [1.165, 1.54) is 0 Å². The zero-order chi connectivity index (χ0) is 24.0. The number of fused-ring (bicyclic) bond motifs is 6. The van der Waals surface area contributed by atoms with E-state index in [1.807, 2.05) is 48.5 Å². The van der Waals surface area contributed by atoms with E-state index in [-0.39, 0.29) is 0 Å². The molecule has 0 bridgehead atoms. The SMILES string of the molecule is O=C1C(=O)c2cc(I)ccc2-c2ccc(I)cc21.O=C1C(=O)c2ccccc2-c2ccccc21. The molecule has 0 radical (unpaired) electrons. The van der Waals surface area contributed by atoms with Crippen LogP contribution in [-0.4, -0.2) is 23.1 Å². The molecule has 0 saturated heterocycles. The van der Waals surface area contributed by atoms with Crippen LogP contribution in [0.3, 0.4) is 0 Å². The smallest absolute Gasteiger partial charge is 0.234 e. The molecule has 6 heteroatoms. The maximum Gasteiger partial charge on any atom is 0.234 e. The van der Waals surface area contributed by atoms with Gasteiger partial charge in [-0.2, -0.15) is 0 Å². The Kier molecular flexibility index (Phi) is 6.03. The average molecular weight is 668 g/mol. The van der Waals surface area contributed by atoms with Crippen LogP contribution in [0.2, 0.25) is 0 Å². The van der Waals surface area contributed by atoms with Crippen molar-refractivity contribution in [3.63, 3.8) is 0 Å². The summed E-state index contributed by atoms with van der Waals surface area (Å²) in [6, 6.07) is 25.7. The zero-order valence-electron chi connectivity index (χ0n) is 17.5. The Morgan fingerprint density at radius 2 is 0.647 bits per heavy atom. The van der Waals surface area contributed by atoms with Gasteiger partial charge in [0.1, 0.15) is 0 Å². The van der Waals surface area contributed by atoms with Gasteiger partial charge in [-0.25, -0.2) is 0 Å². The maximum absolute atomic E-state index is 12.1. The Morgan fingerprint density at radius 3 is 1.03 bits per heavy atom. The van der Waals surface area contributed by atoms with Gasteiger partial charge in [0.2, 0.25) is 23.1 Å². The number of Topliss-reactive ketones (excluding diaryl/α,β-unsaturated/α-hetero) is 4. The van der Waals surface area contributed by atoms with E-state index < -0.39 is 23.1 Å². The molecule has 4 aromatic rings. The predicted molar refractivity (Wildman–Crippen MR) is 147 cm³/mol. The zero-order valence-corrected chi connectivity index (χ0v) is 21.8. The molecule has 2 aliphatic rings. The third-order valence-electron chi connectivity index (χ3n) is 5.79. The molecular formula is C28H14I2O4. The summed E-state index contributed by atoms with van der Waals surface area (Å²) in [6.45, 7) is 0. The lowest BCUT2D eigenvalue weighted by molar-refractivity contribution is 0.0815. The van der Waals surface area contributed by atoms with E-state index >= 15 is 0 Å². The molecule has 34 heavy (non-hydrogen) atoms. The first-order valence-corrected chi connectivity index (χ1v) is 12.5. The minimum atomic E-state index is -0.408. The van der Waals surface area contributed by atoms with Crippen LogP contribution in [0.4, 0.5) is 0 Å². The highest BCUT2D eigenvalue weighted by Gasteiger charge is 2.31. The van der Waals surface area contributed by atoms with E-state index in [4.69, 9.17) is 0 Å². The molecule has 0 saturated carbocycles. The fraction of sp³-hybridized carbons (Fsp3) is 0. The van der Waals surface area contributed by atoms with Crippen LogP contribution in [-0.2, 0) is 0 Å². The minimum Gasteiger partial charge on any atom is -0.285 e. The summed E-state index contributed by atoms with van der Waals surface area (Å²) in [4.78, 5) is 47.8. The van der Waals surface area contributed by atoms with Gasteiger partial charge >= 0.3 is 0 Å². The van der Waals surface area contributed by atoms with Crippen molar-refractivity contribution in [1.82, 2.24) is 0 Å². The Bertz CT molecular complexity index is 1440. The summed E-state index contributed by atoms with van der Waals surface area (Å²) in [5.74, 6) is -1.63. The molecule has 0 spiro atoms. The highest BCUT2D eigenvalue weighted by Crippen LogP contribution is 2.35. The lowest BCUT2D eigenvalue weighted by atomic mass is 9.84. The van der Waals surface area contributed by atoms with Gasteiger partial charge < -0.3 is 0 Å². The number of hydrogen-bond acceptors (Lipinski definition) is 4. The van der Waals surface area contributed by atoms with Crippen molar-refractivity contribution in [1.29, 1.82) is 0 Å². The number of ketones is 4. The summed E-state index contributed by atoms with van der Waals surface area (Å²) in [6.07, 6.45) is 0. The Labute approximate surface area is 222 Å². The standard InChI is InChI=1S/C14H6I2O2.C14H8O2/c15-7-1-3-9-10-4-2-8(16)6-12(10)14(18)13(17)11(9)5-7;15-13-11-7-3-1-5-9(11)10-6-2-4-8-12(10)14(13)16/h1-6H;1-8H. The number of hydrogen-bond donors (Lipinski definition) is 0. The molecule has 164 valence electrons. The van der Waals surface area contributed by atoms with Gasteiger partial charge in [-0.15, -0.1) is 0 Å². The molecule has 2 aliphatic carbocycles. The summed E-state index contributed by atoms with van der Waals surface area (Å²) >= 11 is 4.29. The van der Waals surface area contributed by atoms with Crippen molar-refractivity contribution >= 4 is 68.3 Å². The van der Waals surface area contributed by atoms with E-state index in [1.54, 1.807) is 36.4 Å². The normalized spacial score (nSPS) is 13.2. The highest BCUT2D eigenvalue weighted by molar-refractivity contribution is 14.1. The fourth-order valence-corrected chi connectivity index (χ4v) is 5.18. The van der Waals surface area contributed by atoms with Crippen LogP contribution in [0, 0.1) is 7.14 Å². The number of carbonyl (C=O) groups is 4. The van der Waals surface area contributed by atoms with Gasteiger partial charge in [0.05, 0.1) is 0 Å². The van der Waals surface area contributed by atoms with Gasteiger partial charge in [0, 0.05) is 29.4 Å².